The van der Waals surface area contributed by atoms with Gasteiger partial charge in [0.25, 0.3) is 0 Å². The zero-order chi connectivity index (χ0) is 18.6. The van der Waals surface area contributed by atoms with Gasteiger partial charge >= 0.3 is 0 Å². The van der Waals surface area contributed by atoms with Gasteiger partial charge in [0, 0.05) is 12.5 Å². The largest absolute Gasteiger partial charge is 0.339 e. The van der Waals surface area contributed by atoms with E-state index in [1.165, 1.54) is 43.4 Å². The molecule has 1 aliphatic rings. The standard InChI is InChI=1S/C22H22F2N2O/c23-18-11-12-19(20(24)14-18)22-25-21(27-26-22)13-8-15-6-9-17(10-7-15)16-4-2-1-3-5-16/h1-5,11-12,14-15,17H,6-10,13H2. The van der Waals surface area contributed by atoms with Crippen LogP contribution in [0.3, 0.4) is 0 Å². The summed E-state index contributed by atoms with van der Waals surface area (Å²) in [4.78, 5) is 4.28. The minimum atomic E-state index is -0.679. The minimum absolute atomic E-state index is 0.162. The first kappa shape index (κ1) is 17.8. The van der Waals surface area contributed by atoms with Gasteiger partial charge in [-0.3, -0.25) is 0 Å². The van der Waals surface area contributed by atoms with Crippen molar-refractivity contribution in [2.75, 3.05) is 0 Å². The molecule has 140 valence electrons. The summed E-state index contributed by atoms with van der Waals surface area (Å²) in [6.07, 6.45) is 6.51. The summed E-state index contributed by atoms with van der Waals surface area (Å²) in [7, 11) is 0. The Morgan fingerprint density at radius 3 is 2.48 bits per heavy atom. The van der Waals surface area contributed by atoms with E-state index in [2.05, 4.69) is 40.5 Å². The number of hydrogen-bond acceptors (Lipinski definition) is 3. The van der Waals surface area contributed by atoms with Crippen molar-refractivity contribution in [3.05, 3.63) is 71.6 Å². The Labute approximate surface area is 157 Å². The second kappa shape index (κ2) is 7.99. The molecule has 0 bridgehead atoms. The van der Waals surface area contributed by atoms with Crippen molar-refractivity contribution in [1.82, 2.24) is 10.1 Å². The van der Waals surface area contributed by atoms with Crippen LogP contribution in [0.1, 0.15) is 49.5 Å². The second-order valence-electron chi connectivity index (χ2n) is 7.30. The van der Waals surface area contributed by atoms with Crippen LogP contribution in [0, 0.1) is 17.6 Å². The summed E-state index contributed by atoms with van der Waals surface area (Å²) >= 11 is 0. The van der Waals surface area contributed by atoms with Crippen molar-refractivity contribution >= 4 is 0 Å². The second-order valence-corrected chi connectivity index (χ2v) is 7.30. The summed E-state index contributed by atoms with van der Waals surface area (Å²) in [6.45, 7) is 0. The molecule has 2 aromatic carbocycles. The van der Waals surface area contributed by atoms with Crippen molar-refractivity contribution < 1.29 is 13.3 Å². The van der Waals surface area contributed by atoms with Crippen LogP contribution < -0.4 is 0 Å². The van der Waals surface area contributed by atoms with Crippen LogP contribution in [0.5, 0.6) is 0 Å². The highest BCUT2D eigenvalue weighted by Gasteiger charge is 2.23. The summed E-state index contributed by atoms with van der Waals surface area (Å²) < 4.78 is 32.1. The molecule has 1 saturated carbocycles. The molecule has 0 saturated heterocycles. The molecule has 0 atom stereocenters. The highest BCUT2D eigenvalue weighted by molar-refractivity contribution is 5.54. The number of nitrogens with zero attached hydrogens (tertiary/aromatic N) is 2. The van der Waals surface area contributed by atoms with E-state index < -0.39 is 11.6 Å². The summed E-state index contributed by atoms with van der Waals surface area (Å²) in [5, 5.41) is 3.84. The van der Waals surface area contributed by atoms with Crippen LogP contribution in [-0.2, 0) is 6.42 Å². The Morgan fingerprint density at radius 1 is 0.963 bits per heavy atom. The number of halogens is 2. The lowest BCUT2D eigenvalue weighted by Crippen LogP contribution is -2.14. The van der Waals surface area contributed by atoms with Crippen molar-refractivity contribution in [3.8, 4) is 11.4 Å². The Morgan fingerprint density at radius 2 is 1.74 bits per heavy atom. The minimum Gasteiger partial charge on any atom is -0.339 e. The predicted molar refractivity (Wildman–Crippen MR) is 99.1 cm³/mol. The molecule has 5 heteroatoms. The van der Waals surface area contributed by atoms with E-state index in [4.69, 9.17) is 4.52 Å². The van der Waals surface area contributed by atoms with Gasteiger partial charge in [-0.05, 0) is 61.6 Å². The molecule has 0 aliphatic heterocycles. The topological polar surface area (TPSA) is 38.9 Å². The third-order valence-electron chi connectivity index (χ3n) is 5.52. The molecule has 0 amide bonds. The lowest BCUT2D eigenvalue weighted by Gasteiger charge is -2.28. The van der Waals surface area contributed by atoms with Gasteiger partial charge in [-0.25, -0.2) is 8.78 Å². The maximum atomic E-state index is 13.8. The van der Waals surface area contributed by atoms with Crippen molar-refractivity contribution in [1.29, 1.82) is 0 Å². The zero-order valence-corrected chi connectivity index (χ0v) is 15.1. The number of benzene rings is 2. The molecule has 4 rings (SSSR count). The highest BCUT2D eigenvalue weighted by Crippen LogP contribution is 2.37. The average Bonchev–Trinajstić information content (AvgIpc) is 3.16. The zero-order valence-electron chi connectivity index (χ0n) is 15.1. The predicted octanol–water partition coefficient (Wildman–Crippen LogP) is 5.92. The molecule has 3 aromatic rings. The number of rotatable bonds is 5. The maximum Gasteiger partial charge on any atom is 0.226 e. The first-order valence-electron chi connectivity index (χ1n) is 9.52. The third kappa shape index (κ3) is 4.24. The fraction of sp³-hybridized carbons (Fsp3) is 0.364. The van der Waals surface area contributed by atoms with Gasteiger partial charge in [0.1, 0.15) is 11.6 Å². The van der Waals surface area contributed by atoms with E-state index in [1.54, 1.807) is 0 Å². The van der Waals surface area contributed by atoms with E-state index in [1.807, 2.05) is 0 Å². The van der Waals surface area contributed by atoms with E-state index in [0.29, 0.717) is 24.1 Å². The van der Waals surface area contributed by atoms with E-state index >= 15 is 0 Å². The van der Waals surface area contributed by atoms with Crippen LogP contribution in [0.15, 0.2) is 53.1 Å². The van der Waals surface area contributed by atoms with Crippen LogP contribution in [-0.4, -0.2) is 10.1 Å². The molecule has 1 aromatic heterocycles. The van der Waals surface area contributed by atoms with Crippen LogP contribution in [0.2, 0.25) is 0 Å². The molecule has 3 nitrogen and oxygen atoms in total. The smallest absolute Gasteiger partial charge is 0.226 e. The monoisotopic (exact) mass is 368 g/mol. The Bertz CT molecular complexity index is 886. The number of hydrogen-bond donors (Lipinski definition) is 0. The van der Waals surface area contributed by atoms with Crippen LogP contribution in [0.4, 0.5) is 8.78 Å². The quantitative estimate of drug-likeness (QED) is 0.561. The molecule has 0 N–H and O–H groups in total. The van der Waals surface area contributed by atoms with Crippen LogP contribution >= 0.6 is 0 Å². The Hall–Kier alpha value is -2.56. The molecular weight excluding hydrogens is 346 g/mol. The summed E-state index contributed by atoms with van der Waals surface area (Å²) in [5.74, 6) is 0.712. The summed E-state index contributed by atoms with van der Waals surface area (Å²) in [5.41, 5.74) is 1.61. The van der Waals surface area contributed by atoms with Crippen molar-refractivity contribution in [2.24, 2.45) is 5.92 Å². The number of aryl methyl sites for hydroxylation is 1. The Kier molecular flexibility index (Phi) is 5.28. The molecule has 0 unspecified atom stereocenters. The SMILES string of the molecule is Fc1ccc(-c2noc(CCC3CCC(c4ccccc4)CC3)n2)c(F)c1. The normalized spacial score (nSPS) is 19.9. The van der Waals surface area contributed by atoms with Gasteiger partial charge < -0.3 is 4.52 Å². The van der Waals surface area contributed by atoms with E-state index in [-0.39, 0.29) is 11.4 Å². The van der Waals surface area contributed by atoms with Gasteiger partial charge in [0.05, 0.1) is 5.56 Å². The first-order chi connectivity index (χ1) is 13.2. The molecule has 1 aliphatic carbocycles. The van der Waals surface area contributed by atoms with Crippen molar-refractivity contribution in [3.63, 3.8) is 0 Å². The number of aromatic nitrogens is 2. The molecular formula is C22H22F2N2O. The van der Waals surface area contributed by atoms with E-state index in [0.717, 1.165) is 12.5 Å². The van der Waals surface area contributed by atoms with Gasteiger partial charge in [-0.15, -0.1) is 0 Å². The van der Waals surface area contributed by atoms with Gasteiger partial charge in [-0.2, -0.15) is 4.98 Å². The van der Waals surface area contributed by atoms with E-state index in [9.17, 15) is 8.78 Å². The summed E-state index contributed by atoms with van der Waals surface area (Å²) in [6, 6.07) is 14.1. The molecule has 1 heterocycles. The highest BCUT2D eigenvalue weighted by atomic mass is 19.1. The van der Waals surface area contributed by atoms with Gasteiger partial charge in [0.15, 0.2) is 0 Å². The molecule has 27 heavy (non-hydrogen) atoms. The van der Waals surface area contributed by atoms with Crippen molar-refractivity contribution in [2.45, 2.75) is 44.4 Å². The lowest BCUT2D eigenvalue weighted by atomic mass is 9.77. The van der Waals surface area contributed by atoms with Crippen LogP contribution in [0.25, 0.3) is 11.4 Å². The molecule has 0 radical (unpaired) electrons. The lowest BCUT2D eigenvalue weighted by molar-refractivity contribution is 0.295. The molecule has 0 spiro atoms. The fourth-order valence-corrected chi connectivity index (χ4v) is 3.97. The maximum absolute atomic E-state index is 13.8. The van der Waals surface area contributed by atoms with Gasteiger partial charge in [-0.1, -0.05) is 35.5 Å². The van der Waals surface area contributed by atoms with Gasteiger partial charge in [0.2, 0.25) is 11.7 Å². The fourth-order valence-electron chi connectivity index (χ4n) is 3.97. The third-order valence-corrected chi connectivity index (χ3v) is 5.52. The molecule has 1 fully saturated rings. The average molecular weight is 368 g/mol. The first-order valence-corrected chi connectivity index (χ1v) is 9.52. The Balaban J connectivity index is 1.31.